The highest BCUT2D eigenvalue weighted by molar-refractivity contribution is 5.92. The van der Waals surface area contributed by atoms with E-state index in [2.05, 4.69) is 29.2 Å². The summed E-state index contributed by atoms with van der Waals surface area (Å²) in [4.78, 5) is 16.6. The first kappa shape index (κ1) is 14.3. The molecular weight excluding hydrogens is 254 g/mol. The van der Waals surface area contributed by atoms with E-state index >= 15 is 0 Å². The summed E-state index contributed by atoms with van der Waals surface area (Å²) in [6.07, 6.45) is 3.61. The Kier molecular flexibility index (Phi) is 3.92. The zero-order chi connectivity index (χ0) is 14.9. The number of hydrogen-bond donors (Lipinski definition) is 1. The minimum absolute atomic E-state index is 0.134. The normalized spacial score (nSPS) is 12.7. The van der Waals surface area contributed by atoms with Gasteiger partial charge < -0.3 is 9.88 Å². The average molecular weight is 275 g/mol. The molecule has 0 saturated carbocycles. The molecule has 2 heterocycles. The van der Waals surface area contributed by atoms with E-state index in [-0.39, 0.29) is 17.9 Å². The van der Waals surface area contributed by atoms with Gasteiger partial charge in [-0.15, -0.1) is 0 Å². The minimum Gasteiger partial charge on any atom is -0.340 e. The molecule has 1 N–H and O–H groups in total. The third-order valence-electron chi connectivity index (χ3n) is 3.44. The summed E-state index contributed by atoms with van der Waals surface area (Å²) < 4.78 is 3.62. The molecule has 0 aliphatic rings. The van der Waals surface area contributed by atoms with E-state index < -0.39 is 0 Å². The van der Waals surface area contributed by atoms with E-state index in [4.69, 9.17) is 0 Å². The van der Waals surface area contributed by atoms with Crippen LogP contribution in [0.2, 0.25) is 0 Å². The van der Waals surface area contributed by atoms with Crippen molar-refractivity contribution in [2.75, 3.05) is 0 Å². The van der Waals surface area contributed by atoms with E-state index in [1.807, 2.05) is 31.8 Å². The van der Waals surface area contributed by atoms with Crippen molar-refractivity contribution in [1.29, 1.82) is 0 Å². The Hall–Kier alpha value is -2.11. The van der Waals surface area contributed by atoms with Crippen LogP contribution < -0.4 is 5.32 Å². The van der Waals surface area contributed by atoms with Crippen LogP contribution in [-0.4, -0.2) is 25.2 Å². The van der Waals surface area contributed by atoms with Crippen molar-refractivity contribution < 1.29 is 4.79 Å². The van der Waals surface area contributed by atoms with Crippen LogP contribution in [0.3, 0.4) is 0 Å². The molecule has 0 spiro atoms. The standard InChI is InChI=1S/C14H21N5O/c1-9(2)12(13-15-6-7-18(13)4)16-14(20)11-8-10(3)19(5)17-11/h6-9,12H,1-5H3,(H,16,20)/t12-/m1/s1. The van der Waals surface area contributed by atoms with Gasteiger partial charge in [0.2, 0.25) is 0 Å². The van der Waals surface area contributed by atoms with Gasteiger partial charge in [0.05, 0.1) is 6.04 Å². The lowest BCUT2D eigenvalue weighted by Gasteiger charge is -2.21. The minimum atomic E-state index is -0.171. The van der Waals surface area contributed by atoms with Gasteiger partial charge in [0.25, 0.3) is 5.91 Å². The van der Waals surface area contributed by atoms with Gasteiger partial charge in [0.15, 0.2) is 0 Å². The number of nitrogens with zero attached hydrogens (tertiary/aromatic N) is 4. The highest BCUT2D eigenvalue weighted by Crippen LogP contribution is 2.20. The maximum Gasteiger partial charge on any atom is 0.272 e. The summed E-state index contributed by atoms with van der Waals surface area (Å²) in [5.74, 6) is 0.918. The van der Waals surface area contributed by atoms with E-state index in [0.717, 1.165) is 11.5 Å². The van der Waals surface area contributed by atoms with Gasteiger partial charge >= 0.3 is 0 Å². The predicted octanol–water partition coefficient (Wildman–Crippen LogP) is 1.59. The van der Waals surface area contributed by atoms with Crippen molar-refractivity contribution in [2.45, 2.75) is 26.8 Å². The Morgan fingerprint density at radius 1 is 1.35 bits per heavy atom. The van der Waals surface area contributed by atoms with Gasteiger partial charge in [-0.1, -0.05) is 13.8 Å². The van der Waals surface area contributed by atoms with Crippen molar-refractivity contribution in [2.24, 2.45) is 20.0 Å². The second-order valence-corrected chi connectivity index (χ2v) is 5.39. The molecule has 0 saturated heterocycles. The van der Waals surface area contributed by atoms with Crippen LogP contribution in [0.4, 0.5) is 0 Å². The Morgan fingerprint density at radius 2 is 2.05 bits per heavy atom. The molecule has 2 rings (SSSR count). The lowest BCUT2D eigenvalue weighted by molar-refractivity contribution is 0.0916. The van der Waals surface area contributed by atoms with Crippen LogP contribution in [0.5, 0.6) is 0 Å². The number of amides is 1. The zero-order valence-electron chi connectivity index (χ0n) is 12.6. The van der Waals surface area contributed by atoms with Crippen LogP contribution in [0, 0.1) is 12.8 Å². The molecule has 6 heteroatoms. The fourth-order valence-electron chi connectivity index (χ4n) is 2.09. The van der Waals surface area contributed by atoms with Gasteiger partial charge in [-0.2, -0.15) is 5.10 Å². The van der Waals surface area contributed by atoms with Crippen LogP contribution in [0.25, 0.3) is 0 Å². The largest absolute Gasteiger partial charge is 0.340 e. The number of rotatable bonds is 4. The Labute approximate surface area is 118 Å². The predicted molar refractivity (Wildman–Crippen MR) is 76.2 cm³/mol. The number of nitrogens with one attached hydrogen (secondary N) is 1. The molecule has 0 aliphatic heterocycles. The van der Waals surface area contributed by atoms with Crippen molar-refractivity contribution in [3.63, 3.8) is 0 Å². The molecule has 0 bridgehead atoms. The second-order valence-electron chi connectivity index (χ2n) is 5.39. The fraction of sp³-hybridized carbons (Fsp3) is 0.500. The van der Waals surface area contributed by atoms with Gasteiger partial charge in [-0.25, -0.2) is 4.98 Å². The van der Waals surface area contributed by atoms with Crippen LogP contribution >= 0.6 is 0 Å². The Bertz CT molecular complexity index is 591. The Morgan fingerprint density at radius 3 is 2.50 bits per heavy atom. The summed E-state index contributed by atoms with van der Waals surface area (Å²) in [6, 6.07) is 1.65. The molecule has 1 amide bonds. The monoisotopic (exact) mass is 275 g/mol. The second kappa shape index (κ2) is 5.48. The van der Waals surface area contributed by atoms with Gasteiger partial charge in [0.1, 0.15) is 11.5 Å². The Balaban J connectivity index is 2.21. The zero-order valence-corrected chi connectivity index (χ0v) is 12.6. The lowest BCUT2D eigenvalue weighted by atomic mass is 10.0. The first-order chi connectivity index (χ1) is 9.40. The molecule has 20 heavy (non-hydrogen) atoms. The molecule has 108 valence electrons. The number of aryl methyl sites for hydroxylation is 3. The highest BCUT2D eigenvalue weighted by atomic mass is 16.2. The average Bonchev–Trinajstić information content (AvgIpc) is 2.93. The summed E-state index contributed by atoms with van der Waals surface area (Å²) in [5.41, 5.74) is 1.39. The van der Waals surface area contributed by atoms with E-state index in [9.17, 15) is 4.79 Å². The summed E-state index contributed by atoms with van der Waals surface area (Å²) >= 11 is 0. The number of aromatic nitrogens is 4. The maximum absolute atomic E-state index is 12.3. The lowest BCUT2D eigenvalue weighted by Crippen LogP contribution is -2.33. The summed E-state index contributed by atoms with van der Waals surface area (Å²) in [5, 5.41) is 7.22. The smallest absolute Gasteiger partial charge is 0.272 e. The maximum atomic E-state index is 12.3. The van der Waals surface area contributed by atoms with Gasteiger partial charge in [-0.05, 0) is 18.9 Å². The third-order valence-corrected chi connectivity index (χ3v) is 3.44. The third kappa shape index (κ3) is 2.74. The molecule has 0 unspecified atom stereocenters. The van der Waals surface area contributed by atoms with E-state index in [0.29, 0.717) is 5.69 Å². The molecule has 1 atom stereocenters. The van der Waals surface area contributed by atoms with Crippen LogP contribution in [-0.2, 0) is 14.1 Å². The molecular formula is C14H21N5O. The topological polar surface area (TPSA) is 64.7 Å². The van der Waals surface area contributed by atoms with Gasteiger partial charge in [0, 0.05) is 32.2 Å². The molecule has 0 fully saturated rings. The highest BCUT2D eigenvalue weighted by Gasteiger charge is 2.23. The van der Waals surface area contributed by atoms with Gasteiger partial charge in [-0.3, -0.25) is 9.48 Å². The molecule has 2 aromatic rings. The first-order valence-electron chi connectivity index (χ1n) is 6.69. The van der Waals surface area contributed by atoms with Crippen molar-refractivity contribution >= 4 is 5.91 Å². The summed E-state index contributed by atoms with van der Waals surface area (Å²) in [7, 11) is 3.75. The quantitative estimate of drug-likeness (QED) is 0.921. The van der Waals surface area contributed by atoms with E-state index in [1.165, 1.54) is 0 Å². The molecule has 2 aromatic heterocycles. The summed E-state index contributed by atoms with van der Waals surface area (Å²) in [6.45, 7) is 6.04. The molecule has 0 radical (unpaired) electrons. The van der Waals surface area contributed by atoms with Crippen molar-refractivity contribution in [1.82, 2.24) is 24.6 Å². The molecule has 0 aliphatic carbocycles. The first-order valence-corrected chi connectivity index (χ1v) is 6.69. The van der Waals surface area contributed by atoms with E-state index in [1.54, 1.807) is 16.9 Å². The number of carbonyl (C=O) groups is 1. The fourth-order valence-corrected chi connectivity index (χ4v) is 2.09. The van der Waals surface area contributed by atoms with Crippen LogP contribution in [0.15, 0.2) is 18.5 Å². The van der Waals surface area contributed by atoms with Crippen molar-refractivity contribution in [3.8, 4) is 0 Å². The molecule has 0 aromatic carbocycles. The van der Waals surface area contributed by atoms with Crippen LogP contribution in [0.1, 0.15) is 41.9 Å². The SMILES string of the molecule is Cc1cc(C(=O)N[C@@H](c2nccn2C)C(C)C)nn1C. The molecule has 6 nitrogen and oxygen atoms in total. The number of hydrogen-bond acceptors (Lipinski definition) is 3. The number of imidazole rings is 1. The number of carbonyl (C=O) groups excluding carboxylic acids is 1. The van der Waals surface area contributed by atoms with Crippen molar-refractivity contribution in [3.05, 3.63) is 35.7 Å².